The van der Waals surface area contributed by atoms with Gasteiger partial charge < -0.3 is 19.3 Å². The van der Waals surface area contributed by atoms with E-state index in [1.807, 2.05) is 10.8 Å². The van der Waals surface area contributed by atoms with Crippen molar-refractivity contribution < 1.29 is 14.6 Å². The summed E-state index contributed by atoms with van der Waals surface area (Å²) in [5.74, 6) is 0.0580. The van der Waals surface area contributed by atoms with Crippen molar-refractivity contribution in [3.05, 3.63) is 26.3 Å². The standard InChI is InChI=1S/C22H35IN4O4Si/c1-25(9-10-28)21(29)16-5-7-17(8-6-16)27-14-19(23)20-18(22(27)30)13-26(24-20)15-31-11-12-32(2,3)4/h13-14,16-17,28H,5-12,15H2,1-4H3/t16-,17+. The third-order valence-corrected chi connectivity index (χ3v) is 8.67. The normalized spacial score (nSPS) is 19.4. The molecule has 10 heteroatoms. The Hall–Kier alpha value is -1.24. The molecule has 0 unspecified atom stereocenters. The van der Waals surface area contributed by atoms with Crippen LogP contribution in [0.2, 0.25) is 25.7 Å². The van der Waals surface area contributed by atoms with E-state index in [9.17, 15) is 9.59 Å². The van der Waals surface area contributed by atoms with Gasteiger partial charge in [-0.25, -0.2) is 4.68 Å². The molecule has 1 aliphatic rings. The molecule has 0 bridgehead atoms. The number of fused-ring (bicyclic) bond motifs is 1. The summed E-state index contributed by atoms with van der Waals surface area (Å²) in [4.78, 5) is 27.4. The minimum Gasteiger partial charge on any atom is -0.395 e. The lowest BCUT2D eigenvalue weighted by Gasteiger charge is -2.31. The van der Waals surface area contributed by atoms with Crippen LogP contribution in [0.4, 0.5) is 0 Å². The fraction of sp³-hybridized carbons (Fsp3) is 0.682. The molecular formula is C22H35IN4O4Si. The number of rotatable bonds is 9. The molecule has 1 fully saturated rings. The van der Waals surface area contributed by atoms with Crippen molar-refractivity contribution in [2.75, 3.05) is 26.8 Å². The maximum atomic E-state index is 13.2. The van der Waals surface area contributed by atoms with E-state index in [4.69, 9.17) is 9.84 Å². The van der Waals surface area contributed by atoms with E-state index in [1.54, 1.807) is 22.8 Å². The van der Waals surface area contributed by atoms with Gasteiger partial charge in [-0.15, -0.1) is 0 Å². The maximum absolute atomic E-state index is 13.2. The largest absolute Gasteiger partial charge is 0.395 e. The van der Waals surface area contributed by atoms with Crippen molar-refractivity contribution in [3.8, 4) is 0 Å². The van der Waals surface area contributed by atoms with Gasteiger partial charge in [-0.1, -0.05) is 19.6 Å². The predicted molar refractivity (Wildman–Crippen MR) is 137 cm³/mol. The molecule has 8 nitrogen and oxygen atoms in total. The number of aromatic nitrogens is 3. The number of aliphatic hydroxyl groups excluding tert-OH is 1. The summed E-state index contributed by atoms with van der Waals surface area (Å²) >= 11 is 2.24. The average molecular weight is 575 g/mol. The van der Waals surface area contributed by atoms with Crippen molar-refractivity contribution in [2.45, 2.75) is 64.1 Å². The zero-order chi connectivity index (χ0) is 23.5. The highest BCUT2D eigenvalue weighted by atomic mass is 127. The quantitative estimate of drug-likeness (QED) is 0.282. The number of pyridine rings is 1. The van der Waals surface area contributed by atoms with Crippen LogP contribution in [0.1, 0.15) is 31.7 Å². The van der Waals surface area contributed by atoms with E-state index in [0.29, 0.717) is 25.3 Å². The molecule has 32 heavy (non-hydrogen) atoms. The number of carbonyl (C=O) groups excluding carboxylic acids is 1. The first-order valence-corrected chi connectivity index (χ1v) is 16.1. The number of aliphatic hydroxyl groups is 1. The summed E-state index contributed by atoms with van der Waals surface area (Å²) in [7, 11) is 0.595. The third-order valence-electron chi connectivity index (χ3n) is 6.18. The van der Waals surface area contributed by atoms with E-state index in [-0.39, 0.29) is 30.0 Å². The van der Waals surface area contributed by atoms with E-state index in [2.05, 4.69) is 47.3 Å². The maximum Gasteiger partial charge on any atom is 0.261 e. The lowest BCUT2D eigenvalue weighted by molar-refractivity contribution is -0.135. The summed E-state index contributed by atoms with van der Waals surface area (Å²) in [5, 5.41) is 14.3. The lowest BCUT2D eigenvalue weighted by atomic mass is 9.85. The van der Waals surface area contributed by atoms with Crippen molar-refractivity contribution >= 4 is 47.5 Å². The smallest absolute Gasteiger partial charge is 0.261 e. The van der Waals surface area contributed by atoms with E-state index >= 15 is 0 Å². The Bertz CT molecular complexity index is 992. The number of hydrogen-bond donors (Lipinski definition) is 1. The van der Waals surface area contributed by atoms with Crippen molar-refractivity contribution in [1.29, 1.82) is 0 Å². The van der Waals surface area contributed by atoms with E-state index in [1.165, 1.54) is 0 Å². The molecule has 3 rings (SSSR count). The van der Waals surface area contributed by atoms with Crippen LogP contribution in [0.5, 0.6) is 0 Å². The Balaban J connectivity index is 1.69. The van der Waals surface area contributed by atoms with Crippen LogP contribution >= 0.6 is 22.6 Å². The first-order valence-electron chi connectivity index (χ1n) is 11.3. The molecule has 0 spiro atoms. The molecule has 0 aliphatic heterocycles. The Labute approximate surface area is 204 Å². The van der Waals surface area contributed by atoms with Crippen LogP contribution in [0.15, 0.2) is 17.2 Å². The average Bonchev–Trinajstić information content (AvgIpc) is 3.18. The Morgan fingerprint density at radius 3 is 2.59 bits per heavy atom. The van der Waals surface area contributed by atoms with Crippen molar-refractivity contribution in [2.24, 2.45) is 5.92 Å². The number of amides is 1. The number of carbonyl (C=O) groups is 1. The summed E-state index contributed by atoms with van der Waals surface area (Å²) in [6, 6.07) is 1.18. The van der Waals surface area contributed by atoms with Gasteiger partial charge >= 0.3 is 0 Å². The SMILES string of the molecule is CN(CCO)C(=O)[C@H]1CC[C@@H](n2cc(I)c3nn(COCC[Si](C)(C)C)cc3c2=O)CC1. The van der Waals surface area contributed by atoms with Gasteiger partial charge in [0.05, 0.1) is 15.6 Å². The fourth-order valence-electron chi connectivity index (χ4n) is 4.18. The lowest BCUT2D eigenvalue weighted by Crippen LogP contribution is -2.37. The molecule has 0 atom stereocenters. The van der Waals surface area contributed by atoms with Crippen molar-refractivity contribution in [3.63, 3.8) is 0 Å². The monoisotopic (exact) mass is 574 g/mol. The molecule has 1 N–H and O–H groups in total. The van der Waals surface area contributed by atoms with Gasteiger partial charge in [-0.3, -0.25) is 9.59 Å². The third kappa shape index (κ3) is 6.20. The second kappa shape index (κ2) is 10.8. The van der Waals surface area contributed by atoms with Gasteiger partial charge in [0.25, 0.3) is 5.56 Å². The molecule has 1 amide bonds. The number of nitrogens with zero attached hydrogens (tertiary/aromatic N) is 4. The highest BCUT2D eigenvalue weighted by molar-refractivity contribution is 14.1. The minimum atomic E-state index is -1.14. The van der Waals surface area contributed by atoms with Crippen molar-refractivity contribution in [1.82, 2.24) is 19.2 Å². The highest BCUT2D eigenvalue weighted by Gasteiger charge is 2.30. The molecule has 2 aromatic rings. The van der Waals surface area contributed by atoms with Crippen LogP contribution in [0.25, 0.3) is 10.9 Å². The van der Waals surface area contributed by atoms with Crippen LogP contribution in [0.3, 0.4) is 0 Å². The molecule has 2 aromatic heterocycles. The van der Waals surface area contributed by atoms with Gasteiger partial charge in [0.15, 0.2) is 0 Å². The first-order chi connectivity index (χ1) is 15.1. The van der Waals surface area contributed by atoms with Crippen LogP contribution in [-0.4, -0.2) is 65.1 Å². The Morgan fingerprint density at radius 2 is 1.97 bits per heavy atom. The molecule has 178 valence electrons. The van der Waals surface area contributed by atoms with Gasteiger partial charge in [0.2, 0.25) is 5.91 Å². The molecule has 0 aromatic carbocycles. The topological polar surface area (TPSA) is 89.6 Å². The number of ether oxygens (including phenoxy) is 1. The van der Waals surface area contributed by atoms with E-state index < -0.39 is 8.07 Å². The molecule has 1 saturated carbocycles. The van der Waals surface area contributed by atoms with Gasteiger partial charge in [0, 0.05) is 52.6 Å². The van der Waals surface area contributed by atoms with Gasteiger partial charge in [0.1, 0.15) is 12.2 Å². The zero-order valence-electron chi connectivity index (χ0n) is 19.5. The van der Waals surface area contributed by atoms with Gasteiger partial charge in [-0.05, 0) is 54.3 Å². The summed E-state index contributed by atoms with van der Waals surface area (Å²) in [5.41, 5.74) is 0.691. The fourth-order valence-corrected chi connectivity index (χ4v) is 5.64. The number of halogens is 1. The predicted octanol–water partition coefficient (Wildman–Crippen LogP) is 3.30. The van der Waals surface area contributed by atoms with Gasteiger partial charge in [-0.2, -0.15) is 5.10 Å². The summed E-state index contributed by atoms with van der Waals surface area (Å²) < 4.78 is 10.3. The van der Waals surface area contributed by atoms with Crippen LogP contribution in [-0.2, 0) is 16.3 Å². The summed E-state index contributed by atoms with van der Waals surface area (Å²) in [6.07, 6.45) is 6.79. The Morgan fingerprint density at radius 1 is 1.28 bits per heavy atom. The molecule has 0 radical (unpaired) electrons. The van der Waals surface area contributed by atoms with E-state index in [0.717, 1.165) is 40.8 Å². The summed E-state index contributed by atoms with van der Waals surface area (Å²) in [6.45, 7) is 8.35. The zero-order valence-corrected chi connectivity index (χ0v) is 22.7. The van der Waals surface area contributed by atoms with Crippen LogP contribution < -0.4 is 5.56 Å². The molecular weight excluding hydrogens is 539 g/mol. The Kier molecular flexibility index (Phi) is 8.56. The number of hydrogen-bond acceptors (Lipinski definition) is 5. The second-order valence-corrected chi connectivity index (χ2v) is 16.7. The second-order valence-electron chi connectivity index (χ2n) is 9.96. The first kappa shape index (κ1) is 25.4. The minimum absolute atomic E-state index is 0.0253. The molecule has 0 saturated heterocycles. The highest BCUT2D eigenvalue weighted by Crippen LogP contribution is 2.33. The molecule has 1 aliphatic carbocycles. The van der Waals surface area contributed by atoms with Crippen LogP contribution in [0, 0.1) is 9.49 Å². The molecule has 2 heterocycles. The number of likely N-dealkylation sites (N-methyl/N-ethyl adjacent to an activating group) is 1.